The smallest absolute Gasteiger partial charge is 0.328 e. The Labute approximate surface area is 143 Å². The lowest BCUT2D eigenvalue weighted by Gasteiger charge is -2.08. The van der Waals surface area contributed by atoms with Crippen LogP contribution in [-0.2, 0) is 16.2 Å². The van der Waals surface area contributed by atoms with Gasteiger partial charge in [-0.15, -0.1) is 0 Å². The molecule has 0 radical (unpaired) electrons. The van der Waals surface area contributed by atoms with Crippen LogP contribution in [0.25, 0.3) is 0 Å². The van der Waals surface area contributed by atoms with Crippen molar-refractivity contribution in [3.8, 4) is 5.75 Å². The van der Waals surface area contributed by atoms with Crippen molar-refractivity contribution in [1.82, 2.24) is 10.9 Å². The molecule has 0 aromatic heterocycles. The van der Waals surface area contributed by atoms with E-state index < -0.39 is 17.8 Å². The van der Waals surface area contributed by atoms with Gasteiger partial charge in [0, 0.05) is 17.7 Å². The topological polar surface area (TPSA) is 105 Å². The zero-order valence-corrected chi connectivity index (χ0v) is 13.1. The molecule has 3 N–H and O–H groups in total. The number of amides is 2. The lowest BCUT2D eigenvalue weighted by Crippen LogP contribution is -2.40. The Balaban J connectivity index is 1.83. The molecule has 0 atom stereocenters. The first-order chi connectivity index (χ1) is 12.0. The highest BCUT2D eigenvalue weighted by Crippen LogP contribution is 2.14. The highest BCUT2D eigenvalue weighted by molar-refractivity contribution is 5.98. The van der Waals surface area contributed by atoms with Crippen molar-refractivity contribution in [2.75, 3.05) is 0 Å². The third-order valence-electron chi connectivity index (χ3n) is 3.04. The minimum absolute atomic E-state index is 0.314. The normalized spacial score (nSPS) is 10.2. The van der Waals surface area contributed by atoms with Gasteiger partial charge >= 0.3 is 5.97 Å². The molecule has 2 amide bonds. The Morgan fingerprint density at radius 1 is 0.920 bits per heavy atom. The van der Waals surface area contributed by atoms with Crippen molar-refractivity contribution < 1.29 is 24.2 Å². The molecule has 0 saturated heterocycles. The molecule has 2 rings (SSSR count). The standard InChI is InChI=1S/C18H16N2O5/c21-16(10-11-17(22)23)19-20-18(24)14-6-8-15(9-7-14)25-12-13-4-2-1-3-5-13/h1-11H,12H2,(H,19,21)(H,20,24)(H,22,23). The third kappa shape index (κ3) is 6.19. The van der Waals surface area contributed by atoms with Gasteiger partial charge in [0.05, 0.1) is 0 Å². The first kappa shape index (κ1) is 17.7. The molecule has 0 aliphatic heterocycles. The monoisotopic (exact) mass is 340 g/mol. The van der Waals surface area contributed by atoms with Gasteiger partial charge < -0.3 is 9.84 Å². The van der Waals surface area contributed by atoms with E-state index in [2.05, 4.69) is 10.9 Å². The molecule has 0 saturated carbocycles. The molecule has 0 aliphatic carbocycles. The summed E-state index contributed by atoms with van der Waals surface area (Å²) in [4.78, 5) is 33.4. The van der Waals surface area contributed by atoms with Gasteiger partial charge in [-0.25, -0.2) is 4.79 Å². The lowest BCUT2D eigenvalue weighted by atomic mass is 10.2. The number of nitrogens with one attached hydrogen (secondary N) is 2. The summed E-state index contributed by atoms with van der Waals surface area (Å²) in [5, 5.41) is 8.39. The summed E-state index contributed by atoms with van der Waals surface area (Å²) in [5.74, 6) is -1.94. The summed E-state index contributed by atoms with van der Waals surface area (Å²) in [5.41, 5.74) is 5.60. The van der Waals surface area contributed by atoms with E-state index in [1.807, 2.05) is 30.3 Å². The molecule has 7 nitrogen and oxygen atoms in total. The van der Waals surface area contributed by atoms with E-state index in [4.69, 9.17) is 9.84 Å². The average Bonchev–Trinajstić information content (AvgIpc) is 2.64. The second-order valence-corrected chi connectivity index (χ2v) is 4.91. The summed E-state index contributed by atoms with van der Waals surface area (Å²) >= 11 is 0. The Kier molecular flexibility index (Phi) is 6.30. The van der Waals surface area contributed by atoms with Crippen LogP contribution in [0.3, 0.4) is 0 Å². The van der Waals surface area contributed by atoms with Gasteiger partial charge in [-0.2, -0.15) is 0 Å². The maximum atomic E-state index is 11.9. The van der Waals surface area contributed by atoms with Gasteiger partial charge in [0.2, 0.25) is 0 Å². The quantitative estimate of drug-likeness (QED) is 0.548. The Hall–Kier alpha value is -3.61. The number of benzene rings is 2. The van der Waals surface area contributed by atoms with Crippen molar-refractivity contribution in [3.05, 3.63) is 77.9 Å². The molecule has 25 heavy (non-hydrogen) atoms. The molecule has 2 aromatic rings. The van der Waals surface area contributed by atoms with Crippen LogP contribution in [0.1, 0.15) is 15.9 Å². The summed E-state index contributed by atoms with van der Waals surface area (Å²) in [6, 6.07) is 16.1. The fourth-order valence-electron chi connectivity index (χ4n) is 1.82. The number of carboxylic acid groups (broad SMARTS) is 1. The number of rotatable bonds is 6. The first-order valence-corrected chi connectivity index (χ1v) is 7.33. The van der Waals surface area contributed by atoms with Crippen LogP contribution < -0.4 is 15.6 Å². The van der Waals surface area contributed by atoms with Gasteiger partial charge in [0.15, 0.2) is 0 Å². The van der Waals surface area contributed by atoms with Gasteiger partial charge in [-0.1, -0.05) is 30.3 Å². The van der Waals surface area contributed by atoms with E-state index in [1.165, 1.54) is 0 Å². The van der Waals surface area contributed by atoms with Crippen LogP contribution in [0.4, 0.5) is 0 Å². The van der Waals surface area contributed by atoms with E-state index >= 15 is 0 Å². The molecule has 0 fully saturated rings. The maximum absolute atomic E-state index is 11.9. The maximum Gasteiger partial charge on any atom is 0.328 e. The van der Waals surface area contributed by atoms with Crippen molar-refractivity contribution >= 4 is 17.8 Å². The number of hydrogen-bond donors (Lipinski definition) is 3. The number of carboxylic acids is 1. The molecule has 0 bridgehead atoms. The van der Waals surface area contributed by atoms with Crippen LogP contribution in [0.15, 0.2) is 66.7 Å². The number of aliphatic carboxylic acids is 1. The summed E-state index contributed by atoms with van der Waals surface area (Å²) in [7, 11) is 0. The zero-order valence-electron chi connectivity index (χ0n) is 13.1. The summed E-state index contributed by atoms with van der Waals surface area (Å²) in [6.45, 7) is 0.415. The SMILES string of the molecule is O=C(O)C=CC(=O)NNC(=O)c1ccc(OCc2ccccc2)cc1. The predicted molar refractivity (Wildman–Crippen MR) is 89.6 cm³/mol. The summed E-state index contributed by atoms with van der Waals surface area (Å²) in [6.07, 6.45) is 1.46. The minimum atomic E-state index is -1.26. The van der Waals surface area contributed by atoms with Crippen molar-refractivity contribution in [3.63, 3.8) is 0 Å². The van der Waals surface area contributed by atoms with Crippen molar-refractivity contribution in [2.45, 2.75) is 6.61 Å². The number of carbonyl (C=O) groups is 3. The van der Waals surface area contributed by atoms with Crippen molar-refractivity contribution in [1.29, 1.82) is 0 Å². The lowest BCUT2D eigenvalue weighted by molar-refractivity contribution is -0.131. The second-order valence-electron chi connectivity index (χ2n) is 4.91. The number of carbonyl (C=O) groups excluding carboxylic acids is 2. The molecule has 7 heteroatoms. The largest absolute Gasteiger partial charge is 0.489 e. The molecular formula is C18H16N2O5. The van der Waals surface area contributed by atoms with Gasteiger partial charge in [0.25, 0.3) is 11.8 Å². The van der Waals surface area contributed by atoms with Crippen molar-refractivity contribution in [2.24, 2.45) is 0 Å². The fourth-order valence-corrected chi connectivity index (χ4v) is 1.82. The van der Waals surface area contributed by atoms with E-state index in [0.717, 1.165) is 11.6 Å². The van der Waals surface area contributed by atoms with Crippen LogP contribution in [0, 0.1) is 0 Å². The minimum Gasteiger partial charge on any atom is -0.489 e. The molecule has 2 aromatic carbocycles. The molecule has 0 spiro atoms. The second kappa shape index (κ2) is 8.88. The van der Waals surface area contributed by atoms with E-state index in [-0.39, 0.29) is 0 Å². The van der Waals surface area contributed by atoms with Crippen LogP contribution in [0.5, 0.6) is 5.75 Å². The Morgan fingerprint density at radius 3 is 2.24 bits per heavy atom. The highest BCUT2D eigenvalue weighted by Gasteiger charge is 2.06. The van der Waals surface area contributed by atoms with Crippen LogP contribution in [-0.4, -0.2) is 22.9 Å². The average molecular weight is 340 g/mol. The van der Waals surface area contributed by atoms with E-state index in [1.54, 1.807) is 24.3 Å². The van der Waals surface area contributed by atoms with E-state index in [0.29, 0.717) is 24.0 Å². The number of hydrogen-bond acceptors (Lipinski definition) is 4. The van der Waals surface area contributed by atoms with Gasteiger partial charge in [0.1, 0.15) is 12.4 Å². The fraction of sp³-hybridized carbons (Fsp3) is 0.0556. The van der Waals surface area contributed by atoms with E-state index in [9.17, 15) is 14.4 Å². The molecule has 0 heterocycles. The molecular weight excluding hydrogens is 324 g/mol. The number of ether oxygens (including phenoxy) is 1. The molecule has 0 unspecified atom stereocenters. The summed E-state index contributed by atoms with van der Waals surface area (Å²) < 4.78 is 5.61. The zero-order chi connectivity index (χ0) is 18.1. The van der Waals surface area contributed by atoms with Crippen LogP contribution in [0.2, 0.25) is 0 Å². The molecule has 0 aliphatic rings. The van der Waals surface area contributed by atoms with Crippen LogP contribution >= 0.6 is 0 Å². The highest BCUT2D eigenvalue weighted by atomic mass is 16.5. The number of hydrazine groups is 1. The predicted octanol–water partition coefficient (Wildman–Crippen LogP) is 1.67. The Morgan fingerprint density at radius 2 is 1.60 bits per heavy atom. The first-order valence-electron chi connectivity index (χ1n) is 7.33. The Bertz CT molecular complexity index is 770. The van der Waals surface area contributed by atoms with Gasteiger partial charge in [-0.3, -0.25) is 20.4 Å². The molecule has 128 valence electrons. The third-order valence-corrected chi connectivity index (χ3v) is 3.04. The van der Waals surface area contributed by atoms with Gasteiger partial charge in [-0.05, 0) is 29.8 Å².